The standard InChI is InChI=1S/C10H12O6P2/c11-17(12,13)10(18(14,15)16)8-4-7-9-5-2-1-3-6-9/h1-3,5-6,10H,8H2,(H2,11,12,13)(H2,14,15,16). The summed E-state index contributed by atoms with van der Waals surface area (Å²) in [4.78, 5) is 35.4. The summed E-state index contributed by atoms with van der Waals surface area (Å²) in [5, 5.41) is -2.07. The normalized spacial score (nSPS) is 12.1. The van der Waals surface area contributed by atoms with Crippen molar-refractivity contribution < 1.29 is 28.7 Å². The lowest BCUT2D eigenvalue weighted by Gasteiger charge is -2.16. The molecule has 6 nitrogen and oxygen atoms in total. The van der Waals surface area contributed by atoms with Crippen molar-refractivity contribution in [2.45, 2.75) is 11.8 Å². The van der Waals surface area contributed by atoms with Gasteiger partial charge in [-0.25, -0.2) is 0 Å². The van der Waals surface area contributed by atoms with E-state index in [-0.39, 0.29) is 0 Å². The molecule has 1 rings (SSSR count). The Bertz CT molecular complexity index is 525. The van der Waals surface area contributed by atoms with Crippen LogP contribution in [0.2, 0.25) is 0 Å². The Morgan fingerprint density at radius 2 is 1.50 bits per heavy atom. The van der Waals surface area contributed by atoms with E-state index in [2.05, 4.69) is 11.8 Å². The SMILES string of the molecule is O=P(O)(O)C(CC#Cc1ccccc1)P(=O)(O)O. The van der Waals surface area contributed by atoms with E-state index in [0.29, 0.717) is 5.56 Å². The van der Waals surface area contributed by atoms with Crippen LogP contribution >= 0.6 is 15.2 Å². The molecule has 0 saturated carbocycles. The molecule has 0 saturated heterocycles. The summed E-state index contributed by atoms with van der Waals surface area (Å²) in [6.45, 7) is 0. The first-order valence-electron chi connectivity index (χ1n) is 4.85. The summed E-state index contributed by atoms with van der Waals surface area (Å²) in [5.41, 5.74) is 0.604. The fraction of sp³-hybridized carbons (Fsp3) is 0.200. The summed E-state index contributed by atoms with van der Waals surface area (Å²) in [6.07, 6.45) is -0.566. The molecule has 8 heteroatoms. The van der Waals surface area contributed by atoms with Crippen LogP contribution in [0.3, 0.4) is 0 Å². The van der Waals surface area contributed by atoms with Gasteiger partial charge in [0.2, 0.25) is 0 Å². The second-order valence-electron chi connectivity index (χ2n) is 3.53. The van der Waals surface area contributed by atoms with E-state index in [1.807, 2.05) is 0 Å². The van der Waals surface area contributed by atoms with Crippen molar-refractivity contribution in [1.82, 2.24) is 0 Å². The Kier molecular flexibility index (Phi) is 4.89. The monoisotopic (exact) mass is 290 g/mol. The highest BCUT2D eigenvalue weighted by molar-refractivity contribution is 7.70. The minimum Gasteiger partial charge on any atom is -0.324 e. The Morgan fingerprint density at radius 3 is 1.94 bits per heavy atom. The third-order valence-electron chi connectivity index (χ3n) is 2.07. The molecule has 98 valence electrons. The average molecular weight is 290 g/mol. The molecule has 1 aromatic rings. The maximum atomic E-state index is 11.0. The lowest BCUT2D eigenvalue weighted by atomic mass is 10.2. The van der Waals surface area contributed by atoms with Crippen molar-refractivity contribution in [3.8, 4) is 11.8 Å². The van der Waals surface area contributed by atoms with Crippen molar-refractivity contribution in [3.05, 3.63) is 35.9 Å². The Labute approximate surface area is 104 Å². The fourth-order valence-corrected chi connectivity index (χ4v) is 3.43. The van der Waals surface area contributed by atoms with Crippen LogP contribution in [0.1, 0.15) is 12.0 Å². The largest absolute Gasteiger partial charge is 0.341 e. The molecule has 18 heavy (non-hydrogen) atoms. The summed E-state index contributed by atoms with van der Waals surface area (Å²) >= 11 is 0. The van der Waals surface area contributed by atoms with E-state index in [1.165, 1.54) is 0 Å². The first-order chi connectivity index (χ1) is 8.21. The lowest BCUT2D eigenvalue weighted by Crippen LogP contribution is -2.08. The number of rotatable bonds is 3. The summed E-state index contributed by atoms with van der Waals surface area (Å²) in [5.74, 6) is 4.96. The zero-order chi connectivity index (χ0) is 13.8. The van der Waals surface area contributed by atoms with E-state index in [0.717, 1.165) is 0 Å². The number of benzene rings is 1. The Morgan fingerprint density at radius 1 is 1.00 bits per heavy atom. The maximum absolute atomic E-state index is 11.0. The van der Waals surface area contributed by atoms with Crippen LogP contribution in [-0.4, -0.2) is 25.0 Å². The van der Waals surface area contributed by atoms with E-state index >= 15 is 0 Å². The number of hydrogen-bond donors (Lipinski definition) is 4. The predicted octanol–water partition coefficient (Wildman–Crippen LogP) is 1.11. The first kappa shape index (κ1) is 15.1. The highest BCUT2D eigenvalue weighted by Crippen LogP contribution is 2.61. The minimum atomic E-state index is -4.88. The van der Waals surface area contributed by atoms with Crippen molar-refractivity contribution in [1.29, 1.82) is 0 Å². The van der Waals surface area contributed by atoms with Crippen LogP contribution in [0, 0.1) is 11.8 Å². The predicted molar refractivity (Wildman–Crippen MR) is 65.8 cm³/mol. The fourth-order valence-electron chi connectivity index (χ4n) is 1.20. The molecule has 0 aliphatic heterocycles. The van der Waals surface area contributed by atoms with E-state index in [1.54, 1.807) is 30.3 Å². The molecular formula is C10H12O6P2. The van der Waals surface area contributed by atoms with Gasteiger partial charge in [-0.3, -0.25) is 9.13 Å². The second-order valence-corrected chi connectivity index (χ2v) is 7.54. The van der Waals surface area contributed by atoms with Crippen LogP contribution in [0.5, 0.6) is 0 Å². The van der Waals surface area contributed by atoms with Crippen molar-refractivity contribution >= 4 is 15.2 Å². The quantitative estimate of drug-likeness (QED) is 0.489. The van der Waals surface area contributed by atoms with Gasteiger partial charge in [0.1, 0.15) is 0 Å². The average Bonchev–Trinajstić information content (AvgIpc) is 2.22. The van der Waals surface area contributed by atoms with Crippen LogP contribution in [0.15, 0.2) is 30.3 Å². The zero-order valence-corrected chi connectivity index (χ0v) is 11.0. The molecule has 1 aromatic carbocycles. The summed E-state index contributed by atoms with van der Waals surface area (Å²) < 4.78 is 21.9. The number of hydrogen-bond acceptors (Lipinski definition) is 2. The molecule has 0 bridgehead atoms. The summed E-state index contributed by atoms with van der Waals surface area (Å²) in [7, 11) is -9.77. The molecule has 0 amide bonds. The van der Waals surface area contributed by atoms with Gasteiger partial charge in [-0.1, -0.05) is 30.0 Å². The molecule has 4 N–H and O–H groups in total. The second kappa shape index (κ2) is 5.81. The maximum Gasteiger partial charge on any atom is 0.341 e. The van der Waals surface area contributed by atoms with Crippen molar-refractivity contribution in [2.24, 2.45) is 0 Å². The topological polar surface area (TPSA) is 115 Å². The van der Waals surface area contributed by atoms with Crippen LogP contribution in [0.25, 0.3) is 0 Å². The van der Waals surface area contributed by atoms with Gasteiger partial charge in [0, 0.05) is 12.0 Å². The molecule has 0 unspecified atom stereocenters. The Balaban J connectivity index is 2.86. The minimum absolute atomic E-state index is 0.566. The third-order valence-corrected chi connectivity index (χ3v) is 5.79. The van der Waals surface area contributed by atoms with Gasteiger partial charge in [0.25, 0.3) is 0 Å². The van der Waals surface area contributed by atoms with Gasteiger partial charge in [-0.2, -0.15) is 0 Å². The molecule has 0 aliphatic carbocycles. The molecule has 0 spiro atoms. The smallest absolute Gasteiger partial charge is 0.324 e. The third kappa shape index (κ3) is 4.75. The van der Waals surface area contributed by atoms with Gasteiger partial charge in [0.15, 0.2) is 5.40 Å². The van der Waals surface area contributed by atoms with Gasteiger partial charge >= 0.3 is 15.2 Å². The molecule has 0 atom stereocenters. The lowest BCUT2D eigenvalue weighted by molar-refractivity contribution is 0.339. The van der Waals surface area contributed by atoms with Crippen LogP contribution in [0.4, 0.5) is 0 Å². The van der Waals surface area contributed by atoms with Crippen molar-refractivity contribution in [3.63, 3.8) is 0 Å². The van der Waals surface area contributed by atoms with E-state index in [9.17, 15) is 9.13 Å². The Hall–Kier alpha value is -0.920. The molecule has 0 fully saturated rings. The van der Waals surface area contributed by atoms with Crippen LogP contribution < -0.4 is 0 Å². The summed E-state index contributed by atoms with van der Waals surface area (Å²) in [6, 6.07) is 8.59. The van der Waals surface area contributed by atoms with Crippen molar-refractivity contribution in [2.75, 3.05) is 0 Å². The molecule has 0 aliphatic rings. The van der Waals surface area contributed by atoms with Gasteiger partial charge in [-0.05, 0) is 12.1 Å². The van der Waals surface area contributed by atoms with Gasteiger partial charge in [-0.15, -0.1) is 0 Å². The molecule has 0 radical (unpaired) electrons. The molecule has 0 aromatic heterocycles. The van der Waals surface area contributed by atoms with Crippen LogP contribution in [-0.2, 0) is 9.13 Å². The van der Waals surface area contributed by atoms with E-state index < -0.39 is 27.0 Å². The van der Waals surface area contributed by atoms with Gasteiger partial charge in [0.05, 0.1) is 0 Å². The van der Waals surface area contributed by atoms with Gasteiger partial charge < -0.3 is 19.6 Å². The zero-order valence-electron chi connectivity index (χ0n) is 9.17. The molecular weight excluding hydrogens is 278 g/mol. The first-order valence-corrected chi connectivity index (χ1v) is 8.22. The molecule has 0 heterocycles. The highest BCUT2D eigenvalue weighted by Gasteiger charge is 2.42. The highest BCUT2D eigenvalue weighted by atomic mass is 31.2. The van der Waals surface area contributed by atoms with E-state index in [4.69, 9.17) is 19.6 Å².